The van der Waals surface area contributed by atoms with E-state index in [0.717, 1.165) is 19.3 Å². The van der Waals surface area contributed by atoms with Crippen LogP contribution in [0.25, 0.3) is 0 Å². The average Bonchev–Trinajstić information content (AvgIpc) is 2.99. The SMILES string of the molecule is CCC[C@H]([C@@H]1CCCCC1=O)N1CC1. The van der Waals surface area contributed by atoms with Gasteiger partial charge in [0.1, 0.15) is 5.78 Å². The molecular formula is C12H21NO. The Morgan fingerprint density at radius 2 is 2.21 bits per heavy atom. The summed E-state index contributed by atoms with van der Waals surface area (Å²) in [6.45, 7) is 4.69. The molecule has 1 aliphatic heterocycles. The van der Waals surface area contributed by atoms with Gasteiger partial charge in [-0.2, -0.15) is 0 Å². The van der Waals surface area contributed by atoms with E-state index in [-0.39, 0.29) is 0 Å². The fraction of sp³-hybridized carbons (Fsp3) is 0.917. The highest BCUT2D eigenvalue weighted by Gasteiger charge is 2.37. The van der Waals surface area contributed by atoms with Crippen molar-refractivity contribution in [2.75, 3.05) is 13.1 Å². The molecule has 2 heteroatoms. The molecule has 14 heavy (non-hydrogen) atoms. The van der Waals surface area contributed by atoms with Crippen LogP contribution >= 0.6 is 0 Å². The molecule has 0 spiro atoms. The first-order valence-corrected chi connectivity index (χ1v) is 6.09. The highest BCUT2D eigenvalue weighted by molar-refractivity contribution is 5.82. The Bertz CT molecular complexity index is 210. The molecule has 2 fully saturated rings. The molecule has 1 saturated heterocycles. The molecule has 0 amide bonds. The lowest BCUT2D eigenvalue weighted by Crippen LogP contribution is -2.36. The first-order valence-electron chi connectivity index (χ1n) is 6.09. The number of hydrogen-bond acceptors (Lipinski definition) is 2. The van der Waals surface area contributed by atoms with Crippen LogP contribution in [-0.4, -0.2) is 29.8 Å². The molecule has 0 aromatic heterocycles. The van der Waals surface area contributed by atoms with Gasteiger partial charge in [0.25, 0.3) is 0 Å². The van der Waals surface area contributed by atoms with Gasteiger partial charge in [-0.25, -0.2) is 0 Å². The molecule has 0 bridgehead atoms. The van der Waals surface area contributed by atoms with Gasteiger partial charge in [0, 0.05) is 31.5 Å². The third-order valence-corrected chi connectivity index (χ3v) is 3.60. The summed E-state index contributed by atoms with van der Waals surface area (Å²) in [5, 5.41) is 0. The molecule has 2 atom stereocenters. The average molecular weight is 195 g/mol. The Labute approximate surface area is 86.7 Å². The number of carbonyl (C=O) groups excluding carboxylic acids is 1. The van der Waals surface area contributed by atoms with Gasteiger partial charge in [-0.1, -0.05) is 19.8 Å². The van der Waals surface area contributed by atoms with E-state index in [9.17, 15) is 4.79 Å². The lowest BCUT2D eigenvalue weighted by Gasteiger charge is -2.29. The molecule has 1 aliphatic carbocycles. The minimum absolute atomic E-state index is 0.381. The summed E-state index contributed by atoms with van der Waals surface area (Å²) in [6, 6.07) is 0.591. The fourth-order valence-corrected chi connectivity index (χ4v) is 2.74. The minimum atomic E-state index is 0.381. The molecule has 1 saturated carbocycles. The Morgan fingerprint density at radius 3 is 2.79 bits per heavy atom. The van der Waals surface area contributed by atoms with Crippen molar-refractivity contribution in [3.8, 4) is 0 Å². The van der Waals surface area contributed by atoms with E-state index >= 15 is 0 Å². The van der Waals surface area contributed by atoms with Crippen molar-refractivity contribution in [3.63, 3.8) is 0 Å². The Kier molecular flexibility index (Phi) is 3.22. The molecule has 80 valence electrons. The Morgan fingerprint density at radius 1 is 1.43 bits per heavy atom. The molecule has 2 aliphatic rings. The van der Waals surface area contributed by atoms with Gasteiger partial charge in [-0.3, -0.25) is 9.69 Å². The number of carbonyl (C=O) groups is 1. The second-order valence-corrected chi connectivity index (χ2v) is 4.71. The van der Waals surface area contributed by atoms with Crippen LogP contribution in [0.4, 0.5) is 0 Å². The number of ketones is 1. The summed E-state index contributed by atoms with van der Waals surface area (Å²) in [5.74, 6) is 0.924. The van der Waals surface area contributed by atoms with Crippen molar-refractivity contribution < 1.29 is 4.79 Å². The largest absolute Gasteiger partial charge is 0.299 e. The third-order valence-electron chi connectivity index (χ3n) is 3.60. The number of hydrogen-bond donors (Lipinski definition) is 0. The molecule has 0 N–H and O–H groups in total. The fourth-order valence-electron chi connectivity index (χ4n) is 2.74. The van der Waals surface area contributed by atoms with Crippen LogP contribution in [0.2, 0.25) is 0 Å². The van der Waals surface area contributed by atoms with Crippen LogP contribution in [0.5, 0.6) is 0 Å². The van der Waals surface area contributed by atoms with E-state index in [0.29, 0.717) is 17.7 Å². The number of Topliss-reactive ketones (excluding diaryl/α,β-unsaturated/α-hetero) is 1. The molecule has 1 heterocycles. The van der Waals surface area contributed by atoms with E-state index in [4.69, 9.17) is 0 Å². The molecule has 2 rings (SSSR count). The number of rotatable bonds is 4. The van der Waals surface area contributed by atoms with Gasteiger partial charge < -0.3 is 0 Å². The van der Waals surface area contributed by atoms with Crippen LogP contribution in [0.15, 0.2) is 0 Å². The maximum Gasteiger partial charge on any atom is 0.137 e. The van der Waals surface area contributed by atoms with Gasteiger partial charge in [-0.15, -0.1) is 0 Å². The van der Waals surface area contributed by atoms with Crippen LogP contribution in [0, 0.1) is 5.92 Å². The quantitative estimate of drug-likeness (QED) is 0.641. The van der Waals surface area contributed by atoms with E-state index in [2.05, 4.69) is 11.8 Å². The highest BCUT2D eigenvalue weighted by Crippen LogP contribution is 2.31. The van der Waals surface area contributed by atoms with Gasteiger partial charge in [0.05, 0.1) is 0 Å². The normalized spacial score (nSPS) is 30.4. The lowest BCUT2D eigenvalue weighted by molar-refractivity contribution is -0.126. The second-order valence-electron chi connectivity index (χ2n) is 4.71. The van der Waals surface area contributed by atoms with Gasteiger partial charge in [0.15, 0.2) is 0 Å². The monoisotopic (exact) mass is 195 g/mol. The first kappa shape index (κ1) is 10.2. The summed E-state index contributed by atoms with van der Waals surface area (Å²) in [4.78, 5) is 14.3. The van der Waals surface area contributed by atoms with Crippen molar-refractivity contribution in [2.45, 2.75) is 51.5 Å². The smallest absolute Gasteiger partial charge is 0.137 e. The number of nitrogens with zero attached hydrogens (tertiary/aromatic N) is 1. The van der Waals surface area contributed by atoms with Crippen LogP contribution in [0.3, 0.4) is 0 Å². The zero-order chi connectivity index (χ0) is 9.97. The predicted octanol–water partition coefficient (Wildman–Crippen LogP) is 2.23. The summed E-state index contributed by atoms with van der Waals surface area (Å²) >= 11 is 0. The van der Waals surface area contributed by atoms with Crippen LogP contribution in [0.1, 0.15) is 45.4 Å². The van der Waals surface area contributed by atoms with Crippen molar-refractivity contribution >= 4 is 5.78 Å². The Hall–Kier alpha value is -0.370. The molecule has 0 aromatic rings. The maximum absolute atomic E-state index is 11.8. The maximum atomic E-state index is 11.8. The molecule has 0 radical (unpaired) electrons. The second kappa shape index (κ2) is 4.43. The summed E-state index contributed by atoms with van der Waals surface area (Å²) in [7, 11) is 0. The first-order chi connectivity index (χ1) is 6.83. The lowest BCUT2D eigenvalue weighted by atomic mass is 9.81. The zero-order valence-electron chi connectivity index (χ0n) is 9.17. The summed E-state index contributed by atoms with van der Waals surface area (Å²) in [5.41, 5.74) is 0. The molecular weight excluding hydrogens is 174 g/mol. The van der Waals surface area contributed by atoms with Gasteiger partial charge >= 0.3 is 0 Å². The van der Waals surface area contributed by atoms with Gasteiger partial charge in [-0.05, 0) is 19.3 Å². The highest BCUT2D eigenvalue weighted by atomic mass is 16.1. The van der Waals surface area contributed by atoms with Crippen LogP contribution < -0.4 is 0 Å². The van der Waals surface area contributed by atoms with Crippen molar-refractivity contribution in [1.82, 2.24) is 4.90 Å². The predicted molar refractivity (Wildman–Crippen MR) is 57.2 cm³/mol. The van der Waals surface area contributed by atoms with Crippen LogP contribution in [-0.2, 0) is 4.79 Å². The standard InChI is InChI=1S/C12H21NO/c1-2-5-11(13-8-9-13)10-6-3-4-7-12(10)14/h10-11H,2-9H2,1H3/t10-,11+/m0/s1. The Balaban J connectivity index is 1.96. The van der Waals surface area contributed by atoms with Crippen molar-refractivity contribution in [2.24, 2.45) is 5.92 Å². The topological polar surface area (TPSA) is 20.1 Å². The van der Waals surface area contributed by atoms with Crippen molar-refractivity contribution in [3.05, 3.63) is 0 Å². The van der Waals surface area contributed by atoms with E-state index < -0.39 is 0 Å². The van der Waals surface area contributed by atoms with E-state index in [1.54, 1.807) is 0 Å². The minimum Gasteiger partial charge on any atom is -0.299 e. The summed E-state index contributed by atoms with van der Waals surface area (Å²) < 4.78 is 0. The van der Waals surface area contributed by atoms with Crippen molar-refractivity contribution in [1.29, 1.82) is 0 Å². The van der Waals surface area contributed by atoms with E-state index in [1.807, 2.05) is 0 Å². The third kappa shape index (κ3) is 2.17. The molecule has 0 unspecified atom stereocenters. The van der Waals surface area contributed by atoms with E-state index in [1.165, 1.54) is 32.4 Å². The molecule has 2 nitrogen and oxygen atoms in total. The van der Waals surface area contributed by atoms with Gasteiger partial charge in [0.2, 0.25) is 0 Å². The molecule has 0 aromatic carbocycles. The zero-order valence-corrected chi connectivity index (χ0v) is 9.17. The summed E-state index contributed by atoms with van der Waals surface area (Å²) in [6.07, 6.45) is 6.83.